The topological polar surface area (TPSA) is 41.6 Å². The van der Waals surface area contributed by atoms with Gasteiger partial charge in [0.25, 0.3) is 5.91 Å². The lowest BCUT2D eigenvalue weighted by molar-refractivity contribution is -0.157. The molecule has 2 rings (SSSR count). The van der Waals surface area contributed by atoms with Crippen LogP contribution in [0.2, 0.25) is 0 Å². The molecule has 1 amide bonds. The third-order valence-electron chi connectivity index (χ3n) is 3.96. The molecule has 1 aliphatic rings. The quantitative estimate of drug-likeness (QED) is 0.917. The first-order valence-corrected chi connectivity index (χ1v) is 6.94. The van der Waals surface area contributed by atoms with Gasteiger partial charge >= 0.3 is 0 Å². The van der Waals surface area contributed by atoms with Gasteiger partial charge in [-0.05, 0) is 32.0 Å². The van der Waals surface area contributed by atoms with Crippen LogP contribution in [-0.4, -0.2) is 43.7 Å². The van der Waals surface area contributed by atoms with Crippen LogP contribution >= 0.6 is 12.4 Å². The molecule has 1 saturated heterocycles. The van der Waals surface area contributed by atoms with Gasteiger partial charge in [0, 0.05) is 32.3 Å². The van der Waals surface area contributed by atoms with Gasteiger partial charge in [0.1, 0.15) is 17.2 Å². The van der Waals surface area contributed by atoms with E-state index in [0.29, 0.717) is 25.9 Å². The maximum absolute atomic E-state index is 13.7. The van der Waals surface area contributed by atoms with E-state index < -0.39 is 17.2 Å². The minimum Gasteiger partial charge on any atom is -0.368 e. The van der Waals surface area contributed by atoms with Crippen molar-refractivity contribution < 1.29 is 18.3 Å². The summed E-state index contributed by atoms with van der Waals surface area (Å²) in [7, 11) is 3.13. The maximum atomic E-state index is 13.7. The van der Waals surface area contributed by atoms with Crippen LogP contribution in [0.25, 0.3) is 0 Å². The fourth-order valence-electron chi connectivity index (χ4n) is 2.66. The molecule has 1 aromatic rings. The normalized spacial score (nSPS) is 16.7. The molecule has 7 heteroatoms. The van der Waals surface area contributed by atoms with Gasteiger partial charge in [-0.1, -0.05) is 6.07 Å². The number of rotatable bonds is 4. The smallest absolute Gasteiger partial charge is 0.254 e. The Balaban J connectivity index is 0.00000242. The number of likely N-dealkylation sites (N-methyl/N-ethyl adjacent to an activating group) is 1. The Morgan fingerprint density at radius 1 is 1.36 bits per heavy atom. The van der Waals surface area contributed by atoms with Crippen molar-refractivity contribution in [2.45, 2.75) is 25.0 Å². The Kier molecular flexibility index (Phi) is 6.71. The van der Waals surface area contributed by atoms with Crippen LogP contribution in [0.1, 0.15) is 18.4 Å². The zero-order valence-electron chi connectivity index (χ0n) is 12.7. The number of halogens is 3. The summed E-state index contributed by atoms with van der Waals surface area (Å²) in [5, 5.41) is 3.18. The molecule has 22 heavy (non-hydrogen) atoms. The highest BCUT2D eigenvalue weighted by molar-refractivity contribution is 5.85. The largest absolute Gasteiger partial charge is 0.368 e. The number of carbonyl (C=O) groups is 1. The summed E-state index contributed by atoms with van der Waals surface area (Å²) < 4.78 is 32.0. The molecule has 0 radical (unpaired) electrons. The summed E-state index contributed by atoms with van der Waals surface area (Å²) in [6.45, 7) is 1.50. The van der Waals surface area contributed by atoms with Crippen molar-refractivity contribution >= 4 is 18.3 Å². The number of hydrogen-bond acceptors (Lipinski definition) is 3. The zero-order valence-corrected chi connectivity index (χ0v) is 13.5. The van der Waals surface area contributed by atoms with Crippen molar-refractivity contribution in [1.82, 2.24) is 10.2 Å². The van der Waals surface area contributed by atoms with Gasteiger partial charge in [-0.15, -0.1) is 12.4 Å². The second-order valence-electron chi connectivity index (χ2n) is 5.35. The Hall–Kier alpha value is -1.24. The van der Waals surface area contributed by atoms with Gasteiger partial charge in [0.05, 0.1) is 0 Å². The molecule has 0 atom stereocenters. The van der Waals surface area contributed by atoms with Crippen LogP contribution in [-0.2, 0) is 16.1 Å². The number of piperidine rings is 1. The molecule has 1 aliphatic heterocycles. The fraction of sp³-hybridized carbons (Fsp3) is 0.533. The SMILES string of the molecule is COC1(C(=O)N(C)Cc2ccc(F)cc2F)CCNCC1.Cl. The molecule has 1 N–H and O–H groups in total. The second kappa shape index (κ2) is 7.85. The third-order valence-corrected chi connectivity index (χ3v) is 3.96. The highest BCUT2D eigenvalue weighted by Crippen LogP contribution is 2.25. The first-order chi connectivity index (χ1) is 9.98. The summed E-state index contributed by atoms with van der Waals surface area (Å²) in [6, 6.07) is 3.37. The molecular weight excluding hydrogens is 314 g/mol. The highest BCUT2D eigenvalue weighted by Gasteiger charge is 2.41. The number of hydrogen-bond donors (Lipinski definition) is 1. The molecule has 0 saturated carbocycles. The molecule has 0 spiro atoms. The van der Waals surface area contributed by atoms with E-state index in [-0.39, 0.29) is 30.4 Å². The summed E-state index contributed by atoms with van der Waals surface area (Å²) in [5.74, 6) is -1.45. The van der Waals surface area contributed by atoms with Crippen LogP contribution in [0.15, 0.2) is 18.2 Å². The molecule has 0 aliphatic carbocycles. The van der Waals surface area contributed by atoms with Gasteiger partial charge in [-0.2, -0.15) is 0 Å². The average Bonchev–Trinajstić information content (AvgIpc) is 2.50. The first kappa shape index (κ1) is 18.8. The molecule has 1 heterocycles. The monoisotopic (exact) mass is 334 g/mol. The van der Waals surface area contributed by atoms with Gasteiger partial charge in [0.2, 0.25) is 0 Å². The predicted molar refractivity (Wildman–Crippen MR) is 81.9 cm³/mol. The number of benzene rings is 1. The van der Waals surface area contributed by atoms with Crippen molar-refractivity contribution in [2.24, 2.45) is 0 Å². The highest BCUT2D eigenvalue weighted by atomic mass is 35.5. The molecule has 4 nitrogen and oxygen atoms in total. The third kappa shape index (κ3) is 3.94. The van der Waals surface area contributed by atoms with E-state index in [0.717, 1.165) is 6.07 Å². The molecule has 1 fully saturated rings. The number of carbonyl (C=O) groups excluding carboxylic acids is 1. The van der Waals surface area contributed by atoms with Crippen LogP contribution in [0.3, 0.4) is 0 Å². The van der Waals surface area contributed by atoms with Crippen molar-refractivity contribution in [3.05, 3.63) is 35.4 Å². The number of amides is 1. The Morgan fingerprint density at radius 3 is 2.55 bits per heavy atom. The van der Waals surface area contributed by atoms with Crippen molar-refractivity contribution in [3.63, 3.8) is 0 Å². The van der Waals surface area contributed by atoms with Crippen molar-refractivity contribution in [2.75, 3.05) is 27.2 Å². The van der Waals surface area contributed by atoms with Gasteiger partial charge in [0.15, 0.2) is 0 Å². The van der Waals surface area contributed by atoms with E-state index in [1.807, 2.05) is 0 Å². The minimum atomic E-state index is -0.851. The van der Waals surface area contributed by atoms with Crippen LogP contribution in [0, 0.1) is 11.6 Å². The van der Waals surface area contributed by atoms with Crippen LogP contribution in [0.5, 0.6) is 0 Å². The molecule has 0 bridgehead atoms. The predicted octanol–water partition coefficient (Wildman–Crippen LogP) is 2.11. The summed E-state index contributed by atoms with van der Waals surface area (Å²) >= 11 is 0. The van der Waals surface area contributed by atoms with Gasteiger partial charge in [-0.3, -0.25) is 4.79 Å². The Labute approximate surface area is 135 Å². The van der Waals surface area contributed by atoms with Crippen molar-refractivity contribution in [3.8, 4) is 0 Å². The van der Waals surface area contributed by atoms with E-state index in [1.165, 1.54) is 24.1 Å². The Morgan fingerprint density at radius 2 is 2.00 bits per heavy atom. The Bertz CT molecular complexity index is 522. The molecule has 0 aromatic heterocycles. The van der Waals surface area contributed by atoms with E-state index in [9.17, 15) is 13.6 Å². The van der Waals surface area contributed by atoms with Gasteiger partial charge < -0.3 is 15.0 Å². The van der Waals surface area contributed by atoms with E-state index in [4.69, 9.17) is 4.74 Å². The van der Waals surface area contributed by atoms with Gasteiger partial charge in [-0.25, -0.2) is 8.78 Å². The molecular formula is C15H21ClF2N2O2. The summed E-state index contributed by atoms with van der Waals surface area (Å²) in [6.07, 6.45) is 1.16. The zero-order chi connectivity index (χ0) is 15.5. The number of methoxy groups -OCH3 is 1. The molecule has 0 unspecified atom stereocenters. The minimum absolute atomic E-state index is 0. The lowest BCUT2D eigenvalue weighted by Gasteiger charge is -2.37. The molecule has 124 valence electrons. The maximum Gasteiger partial charge on any atom is 0.254 e. The number of nitrogens with zero attached hydrogens (tertiary/aromatic N) is 1. The fourth-order valence-corrected chi connectivity index (χ4v) is 2.66. The lowest BCUT2D eigenvalue weighted by Crippen LogP contribution is -2.54. The average molecular weight is 335 g/mol. The standard InChI is InChI=1S/C15H20F2N2O2.ClH/c1-19(10-11-3-4-12(16)9-13(11)17)14(20)15(21-2)5-7-18-8-6-15;/h3-4,9,18H,5-8,10H2,1-2H3;1H. The van der Waals surface area contributed by atoms with E-state index >= 15 is 0 Å². The first-order valence-electron chi connectivity index (χ1n) is 6.94. The van der Waals surface area contributed by atoms with Crippen LogP contribution in [0.4, 0.5) is 8.78 Å². The molecule has 1 aromatic carbocycles. The summed E-state index contributed by atoms with van der Waals surface area (Å²) in [4.78, 5) is 14.0. The summed E-state index contributed by atoms with van der Waals surface area (Å²) in [5.41, 5.74) is -0.566. The lowest BCUT2D eigenvalue weighted by atomic mass is 9.90. The van der Waals surface area contributed by atoms with E-state index in [2.05, 4.69) is 5.32 Å². The number of nitrogens with one attached hydrogen (secondary N) is 1. The van der Waals surface area contributed by atoms with Crippen molar-refractivity contribution in [1.29, 1.82) is 0 Å². The van der Waals surface area contributed by atoms with E-state index in [1.54, 1.807) is 7.05 Å². The number of ether oxygens (including phenoxy) is 1. The van der Waals surface area contributed by atoms with Crippen LogP contribution < -0.4 is 5.32 Å². The second-order valence-corrected chi connectivity index (χ2v) is 5.35.